The molecule has 1 saturated heterocycles. The number of nitrogens with one attached hydrogen (secondary N) is 1. The molecule has 0 radical (unpaired) electrons. The lowest BCUT2D eigenvalue weighted by Crippen LogP contribution is -2.33. The van der Waals surface area contributed by atoms with Crippen LogP contribution in [0.2, 0.25) is 0 Å². The molecule has 1 aliphatic rings. The molecule has 0 aromatic carbocycles. The molecule has 13 heteroatoms. The average molecular weight is 367 g/mol. The Hall–Kier alpha value is -1.82. The fourth-order valence-electron chi connectivity index (χ4n) is 2.01. The van der Waals surface area contributed by atoms with E-state index in [1.165, 1.54) is 13.1 Å². The molecule has 136 valence electrons. The summed E-state index contributed by atoms with van der Waals surface area (Å²) in [5.74, 6) is 0. The van der Waals surface area contributed by atoms with Crippen LogP contribution in [-0.2, 0) is 13.8 Å². The Balaban J connectivity index is 0.000000891. The van der Waals surface area contributed by atoms with E-state index in [4.69, 9.17) is 19.7 Å². The second-order valence-electron chi connectivity index (χ2n) is 4.84. The van der Waals surface area contributed by atoms with Gasteiger partial charge in [-0.2, -0.15) is 0 Å². The third-order valence-electron chi connectivity index (χ3n) is 3.07. The summed E-state index contributed by atoms with van der Waals surface area (Å²) >= 11 is 0. The number of aliphatic hydroxyl groups excluding tert-OH is 1. The van der Waals surface area contributed by atoms with E-state index in [0.29, 0.717) is 5.56 Å². The third-order valence-corrected chi connectivity index (χ3v) is 3.55. The molecule has 3 atom stereocenters. The summed E-state index contributed by atoms with van der Waals surface area (Å²) in [6.45, 7) is 3.66. The molecular formula is C11H18N3O9P. The zero-order chi connectivity index (χ0) is 18.5. The van der Waals surface area contributed by atoms with Crippen molar-refractivity contribution in [2.45, 2.75) is 31.8 Å². The van der Waals surface area contributed by atoms with Gasteiger partial charge in [0, 0.05) is 24.9 Å². The van der Waals surface area contributed by atoms with Gasteiger partial charge in [0.25, 0.3) is 5.56 Å². The van der Waals surface area contributed by atoms with E-state index in [1.54, 1.807) is 0 Å². The second kappa shape index (κ2) is 8.33. The fourth-order valence-corrected chi connectivity index (χ4v) is 2.35. The number of phosphoric acid groups is 1. The van der Waals surface area contributed by atoms with Crippen LogP contribution in [0.3, 0.4) is 0 Å². The van der Waals surface area contributed by atoms with E-state index in [-0.39, 0.29) is 6.42 Å². The highest BCUT2D eigenvalue weighted by Crippen LogP contribution is 2.38. The third kappa shape index (κ3) is 5.67. The molecule has 12 nitrogen and oxygen atoms in total. The molecule has 0 aliphatic carbocycles. The largest absolute Gasteiger partial charge is 0.469 e. The summed E-state index contributed by atoms with van der Waals surface area (Å²) in [7, 11) is -4.67. The number of hydrogen-bond acceptors (Lipinski definition) is 8. The molecule has 0 unspecified atom stereocenters. The lowest BCUT2D eigenvalue weighted by Gasteiger charge is -2.16. The van der Waals surface area contributed by atoms with Crippen LogP contribution in [-0.4, -0.2) is 55.2 Å². The van der Waals surface area contributed by atoms with Crippen LogP contribution in [0.25, 0.3) is 0 Å². The number of aromatic amines is 1. The topological polar surface area (TPSA) is 184 Å². The van der Waals surface area contributed by atoms with E-state index < -0.39 is 44.1 Å². The number of ether oxygens (including phenoxy) is 1. The van der Waals surface area contributed by atoms with Crippen LogP contribution in [0.5, 0.6) is 0 Å². The van der Waals surface area contributed by atoms with Crippen LogP contribution < -0.4 is 11.2 Å². The summed E-state index contributed by atoms with van der Waals surface area (Å²) in [6, 6.07) is 0. The minimum Gasteiger partial charge on any atom is -0.411 e. The number of hydrogen-bond donors (Lipinski definition) is 5. The minimum absolute atomic E-state index is 0.0283. The maximum Gasteiger partial charge on any atom is 0.469 e. The summed E-state index contributed by atoms with van der Waals surface area (Å²) in [5, 5.41) is 19.1. The van der Waals surface area contributed by atoms with Gasteiger partial charge in [-0.3, -0.25) is 18.9 Å². The van der Waals surface area contributed by atoms with Crippen molar-refractivity contribution < 1.29 is 33.9 Å². The number of nitrogens with zero attached hydrogens (tertiary/aromatic N) is 2. The predicted octanol–water partition coefficient (Wildman–Crippen LogP) is -1.32. The molecule has 0 spiro atoms. The first-order valence-electron chi connectivity index (χ1n) is 6.54. The number of oxime groups is 1. The molecular weight excluding hydrogens is 349 g/mol. The van der Waals surface area contributed by atoms with Crippen LogP contribution in [0, 0.1) is 6.92 Å². The molecule has 0 amide bonds. The van der Waals surface area contributed by atoms with Gasteiger partial charge in [-0.05, 0) is 6.92 Å². The molecule has 5 N–H and O–H groups in total. The average Bonchev–Trinajstić information content (AvgIpc) is 2.82. The molecule has 1 aromatic heterocycles. The highest BCUT2D eigenvalue weighted by atomic mass is 31.2. The Labute approximate surface area is 135 Å². The first-order valence-corrected chi connectivity index (χ1v) is 8.07. The highest BCUT2D eigenvalue weighted by Gasteiger charge is 2.37. The number of aromatic nitrogens is 2. The number of aryl methyl sites for hydroxylation is 1. The molecule has 1 aliphatic heterocycles. The van der Waals surface area contributed by atoms with Gasteiger partial charge >= 0.3 is 13.5 Å². The second-order valence-corrected chi connectivity index (χ2v) is 6.08. The lowest BCUT2D eigenvalue weighted by atomic mass is 10.2. The molecule has 1 aromatic rings. The maximum atomic E-state index is 11.7. The van der Waals surface area contributed by atoms with Crippen molar-refractivity contribution in [3.8, 4) is 0 Å². The first kappa shape index (κ1) is 20.2. The van der Waals surface area contributed by atoms with Crippen LogP contribution >= 0.6 is 7.82 Å². The smallest absolute Gasteiger partial charge is 0.411 e. The Morgan fingerprint density at radius 1 is 1.54 bits per heavy atom. The summed E-state index contributed by atoms with van der Waals surface area (Å²) in [6.07, 6.45) is -1.57. The van der Waals surface area contributed by atoms with Crippen molar-refractivity contribution in [1.29, 1.82) is 0 Å². The van der Waals surface area contributed by atoms with Crippen molar-refractivity contribution in [3.05, 3.63) is 32.6 Å². The van der Waals surface area contributed by atoms with Gasteiger partial charge in [-0.1, -0.05) is 0 Å². The number of phosphoric ester groups is 1. The van der Waals surface area contributed by atoms with Crippen molar-refractivity contribution in [3.63, 3.8) is 0 Å². The minimum atomic E-state index is -4.67. The van der Waals surface area contributed by atoms with Gasteiger partial charge in [-0.25, -0.2) is 9.36 Å². The summed E-state index contributed by atoms with van der Waals surface area (Å²) in [4.78, 5) is 42.3. The van der Waals surface area contributed by atoms with Crippen molar-refractivity contribution >= 4 is 14.5 Å². The Bertz CT molecular complexity index is 724. The molecule has 24 heavy (non-hydrogen) atoms. The van der Waals surface area contributed by atoms with Gasteiger partial charge in [0.05, 0.1) is 12.7 Å². The molecule has 0 saturated carbocycles. The maximum absolute atomic E-state index is 11.7. The van der Waals surface area contributed by atoms with Crippen LogP contribution in [0.1, 0.15) is 18.2 Å². The highest BCUT2D eigenvalue weighted by molar-refractivity contribution is 7.46. The van der Waals surface area contributed by atoms with Crippen molar-refractivity contribution in [1.82, 2.24) is 9.55 Å². The van der Waals surface area contributed by atoms with E-state index in [0.717, 1.165) is 4.57 Å². The number of H-pyrrole nitrogens is 1. The summed E-state index contributed by atoms with van der Waals surface area (Å²) < 4.78 is 21.4. The summed E-state index contributed by atoms with van der Waals surface area (Å²) in [5.41, 5.74) is -0.918. The first-order chi connectivity index (χ1) is 11.1. The zero-order valence-electron chi connectivity index (χ0n) is 12.6. The van der Waals surface area contributed by atoms with Gasteiger partial charge < -0.3 is 24.8 Å². The number of rotatable bonds is 4. The van der Waals surface area contributed by atoms with Gasteiger partial charge in [0.15, 0.2) is 0 Å². The molecule has 1 fully saturated rings. The predicted molar refractivity (Wildman–Crippen MR) is 79.9 cm³/mol. The molecule has 2 heterocycles. The molecule has 0 bridgehead atoms. The van der Waals surface area contributed by atoms with Gasteiger partial charge in [-0.15, -0.1) is 5.16 Å². The van der Waals surface area contributed by atoms with Crippen LogP contribution in [0.4, 0.5) is 0 Å². The zero-order valence-corrected chi connectivity index (χ0v) is 13.5. The Kier molecular flexibility index (Phi) is 7.02. The fraction of sp³-hybridized carbons (Fsp3) is 0.545. The van der Waals surface area contributed by atoms with E-state index in [2.05, 4.69) is 21.4 Å². The van der Waals surface area contributed by atoms with Crippen molar-refractivity contribution in [2.75, 3.05) is 6.61 Å². The van der Waals surface area contributed by atoms with Gasteiger partial charge in [0.1, 0.15) is 12.3 Å². The molecule has 2 rings (SSSR count). The normalized spacial score (nSPS) is 23.4. The Morgan fingerprint density at radius 2 is 2.12 bits per heavy atom. The van der Waals surface area contributed by atoms with Crippen LogP contribution in [0.15, 0.2) is 20.9 Å². The Morgan fingerprint density at radius 3 is 2.67 bits per heavy atom. The van der Waals surface area contributed by atoms with Gasteiger partial charge in [0.2, 0.25) is 0 Å². The number of aliphatic hydroxyl groups is 1. The SMILES string of the molecule is C=NO.Cc1cn([C@H]2C[C@H](O)[C@@H](COP(=O)(O)O)O2)c(=O)[nH]c1=O. The van der Waals surface area contributed by atoms with E-state index in [9.17, 15) is 19.3 Å². The van der Waals surface area contributed by atoms with E-state index >= 15 is 0 Å². The van der Waals surface area contributed by atoms with E-state index in [1.807, 2.05) is 0 Å². The standard InChI is InChI=1S/C10H15N2O8P.CH3NO/c1-5-3-12(10(15)11-9(5)14)8-2-6(13)7(20-8)4-19-21(16,17)18;1-2-3/h3,6-8,13H,2,4H2,1H3,(H,11,14,15)(H2,16,17,18);3H,1H2/t6-,7+,8+;/m0./s1. The van der Waals surface area contributed by atoms with Crippen molar-refractivity contribution in [2.24, 2.45) is 5.16 Å². The lowest BCUT2D eigenvalue weighted by molar-refractivity contribution is -0.0451. The quantitative estimate of drug-likeness (QED) is 0.186. The monoisotopic (exact) mass is 367 g/mol.